The maximum atomic E-state index is 14.6. The number of hydrogen-bond acceptors (Lipinski definition) is 8. The van der Waals surface area contributed by atoms with Crippen LogP contribution in [0.4, 0.5) is 20.1 Å². The lowest BCUT2D eigenvalue weighted by Gasteiger charge is -2.40. The molecule has 0 aliphatic carbocycles. The van der Waals surface area contributed by atoms with Gasteiger partial charge in [-0.25, -0.2) is 19.2 Å². The van der Waals surface area contributed by atoms with E-state index in [1.165, 1.54) is 23.6 Å². The molecule has 2 atom stereocenters. The van der Waals surface area contributed by atoms with Crippen molar-refractivity contribution in [3.8, 4) is 5.75 Å². The minimum absolute atomic E-state index is 0.0626. The molecule has 3 heterocycles. The number of piperazine rings is 1. The van der Waals surface area contributed by atoms with Gasteiger partial charge >= 0.3 is 6.03 Å². The Morgan fingerprint density at radius 1 is 1.35 bits per heavy atom. The number of para-hydroxylation sites is 1. The molecule has 2 aromatic heterocycles. The van der Waals surface area contributed by atoms with Crippen molar-refractivity contribution in [2.45, 2.75) is 39.3 Å². The summed E-state index contributed by atoms with van der Waals surface area (Å²) >= 11 is 1.28. The Balaban J connectivity index is 0.00000158. The Kier molecular flexibility index (Phi) is 8.59. The number of halogens is 1. The highest BCUT2D eigenvalue weighted by Crippen LogP contribution is 2.31. The molecule has 0 saturated carbocycles. The number of urea groups is 1. The first kappa shape index (κ1) is 25.6. The van der Waals surface area contributed by atoms with Gasteiger partial charge in [-0.1, -0.05) is 31.3 Å². The number of phenols is 1. The third kappa shape index (κ3) is 5.72. The monoisotopic (exact) mass is 491 g/mol. The molecular formula is C23H30FN5O4S. The molecule has 184 valence electrons. The van der Waals surface area contributed by atoms with Gasteiger partial charge in [-0.3, -0.25) is 5.32 Å². The maximum Gasteiger partial charge on any atom is 0.324 e. The lowest BCUT2D eigenvalue weighted by Crippen LogP contribution is -2.55. The molecule has 11 heteroatoms. The molecular weight excluding hydrogens is 461 g/mol. The summed E-state index contributed by atoms with van der Waals surface area (Å²) in [5.41, 5.74) is 0.947. The van der Waals surface area contributed by atoms with Crippen molar-refractivity contribution in [3.63, 3.8) is 0 Å². The Hall–Kier alpha value is -3.02. The van der Waals surface area contributed by atoms with E-state index < -0.39 is 18.5 Å². The number of rotatable bonds is 5. The minimum Gasteiger partial charge on any atom is -0.506 e. The Morgan fingerprint density at radius 3 is 2.76 bits per heavy atom. The van der Waals surface area contributed by atoms with E-state index in [4.69, 9.17) is 5.11 Å². The number of benzene rings is 1. The van der Waals surface area contributed by atoms with Gasteiger partial charge in [0.15, 0.2) is 16.8 Å². The van der Waals surface area contributed by atoms with E-state index in [1.54, 1.807) is 21.9 Å². The topological polar surface area (TPSA) is 122 Å². The van der Waals surface area contributed by atoms with Crippen molar-refractivity contribution in [1.29, 1.82) is 0 Å². The van der Waals surface area contributed by atoms with Gasteiger partial charge < -0.3 is 25.1 Å². The number of amides is 2. The Labute approximate surface area is 201 Å². The van der Waals surface area contributed by atoms with E-state index in [0.29, 0.717) is 35.8 Å². The highest BCUT2D eigenvalue weighted by molar-refractivity contribution is 7.22. The molecule has 2 amide bonds. The Bertz CT molecular complexity index is 1130. The quantitative estimate of drug-likeness (QED) is 0.432. The molecule has 1 aliphatic rings. The summed E-state index contributed by atoms with van der Waals surface area (Å²) in [5, 5.41) is 31.5. The number of aliphatic hydroxyl groups is 2. The highest BCUT2D eigenvalue weighted by Gasteiger charge is 2.30. The second-order valence-electron chi connectivity index (χ2n) is 7.75. The van der Waals surface area contributed by atoms with Crippen molar-refractivity contribution >= 4 is 38.5 Å². The van der Waals surface area contributed by atoms with Crippen LogP contribution in [0.5, 0.6) is 5.75 Å². The number of pyridine rings is 1. The van der Waals surface area contributed by atoms with Crippen LogP contribution in [0.1, 0.15) is 26.3 Å². The molecule has 1 aliphatic heterocycles. The number of hydrogen-bond donors (Lipinski definition) is 4. The molecule has 0 radical (unpaired) electrons. The van der Waals surface area contributed by atoms with Crippen molar-refractivity contribution in [2.75, 3.05) is 36.5 Å². The van der Waals surface area contributed by atoms with Crippen molar-refractivity contribution in [3.05, 3.63) is 41.8 Å². The maximum absolute atomic E-state index is 14.6. The van der Waals surface area contributed by atoms with Crippen LogP contribution in [0.15, 0.2) is 30.5 Å². The number of nitrogens with zero attached hydrogens (tertiary/aromatic N) is 4. The van der Waals surface area contributed by atoms with Gasteiger partial charge in [0.05, 0.1) is 17.4 Å². The molecule has 4 N–H and O–H groups in total. The van der Waals surface area contributed by atoms with Crippen molar-refractivity contribution in [1.82, 2.24) is 14.9 Å². The van der Waals surface area contributed by atoms with E-state index in [0.717, 1.165) is 4.70 Å². The van der Waals surface area contributed by atoms with E-state index in [1.807, 2.05) is 26.8 Å². The van der Waals surface area contributed by atoms with Crippen LogP contribution in [0.2, 0.25) is 0 Å². The van der Waals surface area contributed by atoms with Gasteiger partial charge in [-0.15, -0.1) is 0 Å². The highest BCUT2D eigenvalue weighted by atomic mass is 32.1. The number of thiazole rings is 1. The standard InChI is InChI=1S/C21H24FN5O4S.C2H6/c1-12-10-26(19-15(22)8-13(9-23-19)7-14(29)11-28)5-6-27(12)21(31)25-20-24-18-16(30)3-2-4-17(18)32-20;1-2/h2-4,8-9,12,14,28-30H,5-7,10-11H2,1H3,(H,24,25,31);1-2H3/t12-,14?;/m0./s1. The fourth-order valence-electron chi connectivity index (χ4n) is 3.75. The molecule has 1 unspecified atom stereocenters. The predicted molar refractivity (Wildman–Crippen MR) is 131 cm³/mol. The van der Waals surface area contributed by atoms with Crippen LogP contribution >= 0.6 is 11.3 Å². The van der Waals surface area contributed by atoms with Crippen LogP contribution in [0.25, 0.3) is 10.2 Å². The second kappa shape index (κ2) is 11.4. The lowest BCUT2D eigenvalue weighted by molar-refractivity contribution is 0.0954. The van der Waals surface area contributed by atoms with Crippen LogP contribution < -0.4 is 10.2 Å². The number of nitrogens with one attached hydrogen (secondary N) is 1. The molecule has 3 aromatic rings. The average Bonchev–Trinajstić information content (AvgIpc) is 3.24. The summed E-state index contributed by atoms with van der Waals surface area (Å²) in [5.74, 6) is -0.250. The average molecular weight is 492 g/mol. The summed E-state index contributed by atoms with van der Waals surface area (Å²) in [6, 6.07) is 5.89. The number of aromatic hydroxyl groups is 1. The van der Waals surface area contributed by atoms with Gasteiger partial charge in [-0.2, -0.15) is 0 Å². The number of carbonyl (C=O) groups excluding carboxylic acids is 1. The number of carbonyl (C=O) groups is 1. The summed E-state index contributed by atoms with van der Waals surface area (Å²) in [6.07, 6.45) is 0.654. The zero-order valence-corrected chi connectivity index (χ0v) is 20.2. The predicted octanol–water partition coefficient (Wildman–Crippen LogP) is 3.20. The third-order valence-corrected chi connectivity index (χ3v) is 6.30. The SMILES string of the molecule is CC.C[C@H]1CN(c2ncc(CC(O)CO)cc2F)CCN1C(=O)Nc1nc2c(O)cccc2s1. The van der Waals surface area contributed by atoms with E-state index >= 15 is 0 Å². The van der Waals surface area contributed by atoms with E-state index in [2.05, 4.69) is 15.3 Å². The summed E-state index contributed by atoms with van der Waals surface area (Å²) < 4.78 is 15.4. The number of aromatic nitrogens is 2. The molecule has 9 nitrogen and oxygen atoms in total. The zero-order valence-electron chi connectivity index (χ0n) is 19.4. The van der Waals surface area contributed by atoms with Gasteiger partial charge in [0.2, 0.25) is 0 Å². The van der Waals surface area contributed by atoms with Crippen LogP contribution in [-0.4, -0.2) is 74.6 Å². The fraction of sp³-hybridized carbons (Fsp3) is 0.435. The number of fused-ring (bicyclic) bond motifs is 1. The number of phenolic OH excluding ortho intramolecular Hbond substituents is 1. The first-order valence-corrected chi connectivity index (χ1v) is 12.0. The smallest absolute Gasteiger partial charge is 0.324 e. The van der Waals surface area contributed by atoms with Gasteiger partial charge in [-0.05, 0) is 30.7 Å². The summed E-state index contributed by atoms with van der Waals surface area (Å²) in [7, 11) is 0. The molecule has 4 rings (SSSR count). The number of anilines is 2. The molecule has 1 saturated heterocycles. The van der Waals surface area contributed by atoms with Gasteiger partial charge in [0, 0.05) is 38.3 Å². The molecule has 0 bridgehead atoms. The zero-order chi connectivity index (χ0) is 24.8. The van der Waals surface area contributed by atoms with Crippen molar-refractivity contribution < 1.29 is 24.5 Å². The largest absolute Gasteiger partial charge is 0.506 e. The van der Waals surface area contributed by atoms with Crippen LogP contribution in [0.3, 0.4) is 0 Å². The lowest BCUT2D eigenvalue weighted by atomic mass is 10.1. The molecule has 0 spiro atoms. The number of aliphatic hydroxyl groups excluding tert-OH is 2. The van der Waals surface area contributed by atoms with Gasteiger partial charge in [0.1, 0.15) is 11.3 Å². The summed E-state index contributed by atoms with van der Waals surface area (Å²) in [6.45, 7) is 6.65. The fourth-order valence-corrected chi connectivity index (χ4v) is 4.63. The second-order valence-corrected chi connectivity index (χ2v) is 8.78. The first-order valence-electron chi connectivity index (χ1n) is 11.2. The minimum atomic E-state index is -0.955. The Morgan fingerprint density at radius 2 is 2.12 bits per heavy atom. The van der Waals surface area contributed by atoms with E-state index in [-0.39, 0.29) is 30.1 Å². The van der Waals surface area contributed by atoms with Crippen LogP contribution in [0, 0.1) is 5.82 Å². The van der Waals surface area contributed by atoms with Crippen LogP contribution in [-0.2, 0) is 6.42 Å². The first-order chi connectivity index (χ1) is 16.4. The van der Waals surface area contributed by atoms with E-state index in [9.17, 15) is 19.4 Å². The molecule has 1 fully saturated rings. The molecule has 34 heavy (non-hydrogen) atoms. The van der Waals surface area contributed by atoms with Gasteiger partial charge in [0.25, 0.3) is 0 Å². The third-order valence-electron chi connectivity index (χ3n) is 5.36. The summed E-state index contributed by atoms with van der Waals surface area (Å²) in [4.78, 5) is 24.7. The molecule has 1 aromatic carbocycles. The van der Waals surface area contributed by atoms with Crippen molar-refractivity contribution in [2.24, 2.45) is 0 Å². The normalized spacial score (nSPS) is 16.7.